The third-order valence-corrected chi connectivity index (χ3v) is 3.62. The Kier molecular flexibility index (Phi) is 5.62. The van der Waals surface area contributed by atoms with E-state index in [4.69, 9.17) is 26.8 Å². The van der Waals surface area contributed by atoms with Gasteiger partial charge in [0, 0.05) is 16.6 Å². The highest BCUT2D eigenvalue weighted by atomic mass is 35.5. The lowest BCUT2D eigenvalue weighted by molar-refractivity contribution is 0.0259. The predicted octanol–water partition coefficient (Wildman–Crippen LogP) is 3.95. The predicted molar refractivity (Wildman–Crippen MR) is 85.6 cm³/mol. The number of hydrogen-bond acceptors (Lipinski definition) is 3. The van der Waals surface area contributed by atoms with Crippen molar-refractivity contribution in [1.82, 2.24) is 0 Å². The molecule has 112 valence electrons. The molecule has 0 fully saturated rings. The quantitative estimate of drug-likeness (QED) is 0.878. The lowest BCUT2D eigenvalue weighted by Crippen LogP contribution is -2.27. The maximum Gasteiger partial charge on any atom is 0.118 e. The summed E-state index contributed by atoms with van der Waals surface area (Å²) >= 11 is 6.23. The van der Waals surface area contributed by atoms with Crippen LogP contribution in [0, 0.1) is 0 Å². The van der Waals surface area contributed by atoms with E-state index < -0.39 is 0 Å². The van der Waals surface area contributed by atoms with Crippen LogP contribution >= 0.6 is 11.6 Å². The Bertz CT molecular complexity index is 569. The van der Waals surface area contributed by atoms with Crippen LogP contribution in [0.5, 0.6) is 5.75 Å². The molecule has 0 bridgehead atoms. The first-order valence-electron chi connectivity index (χ1n) is 6.86. The molecule has 2 atom stereocenters. The lowest BCUT2D eigenvalue weighted by Gasteiger charge is -2.23. The van der Waals surface area contributed by atoms with Crippen molar-refractivity contribution in [2.45, 2.75) is 25.7 Å². The van der Waals surface area contributed by atoms with Crippen LogP contribution in [-0.2, 0) is 11.3 Å². The van der Waals surface area contributed by atoms with Crippen molar-refractivity contribution < 1.29 is 9.47 Å². The zero-order valence-corrected chi connectivity index (χ0v) is 13.0. The molecule has 0 amide bonds. The van der Waals surface area contributed by atoms with Crippen LogP contribution in [0.25, 0.3) is 0 Å². The fourth-order valence-corrected chi connectivity index (χ4v) is 2.38. The fraction of sp³-hybridized carbons (Fsp3) is 0.294. The monoisotopic (exact) mass is 305 g/mol. The topological polar surface area (TPSA) is 44.5 Å². The molecule has 2 aromatic carbocycles. The molecule has 0 heterocycles. The SMILES string of the molecule is COc1ccc(COC(c2ccccc2Cl)C(C)N)cc1. The molecule has 0 spiro atoms. The summed E-state index contributed by atoms with van der Waals surface area (Å²) in [7, 11) is 1.65. The van der Waals surface area contributed by atoms with Crippen LogP contribution in [0.2, 0.25) is 5.02 Å². The summed E-state index contributed by atoms with van der Waals surface area (Å²) in [4.78, 5) is 0. The number of benzene rings is 2. The molecule has 2 N–H and O–H groups in total. The second-order valence-electron chi connectivity index (χ2n) is 4.96. The first-order chi connectivity index (χ1) is 10.1. The van der Waals surface area contributed by atoms with Crippen molar-refractivity contribution in [3.05, 3.63) is 64.7 Å². The van der Waals surface area contributed by atoms with Crippen LogP contribution < -0.4 is 10.5 Å². The number of nitrogens with two attached hydrogens (primary N) is 1. The van der Waals surface area contributed by atoms with Crippen LogP contribution in [0.4, 0.5) is 0 Å². The summed E-state index contributed by atoms with van der Waals surface area (Å²) in [6.45, 7) is 2.39. The number of ether oxygens (including phenoxy) is 2. The number of halogens is 1. The molecule has 3 nitrogen and oxygen atoms in total. The lowest BCUT2D eigenvalue weighted by atomic mass is 10.0. The Morgan fingerprint density at radius 2 is 1.76 bits per heavy atom. The molecule has 0 saturated carbocycles. The van der Waals surface area contributed by atoms with Crippen LogP contribution in [0.3, 0.4) is 0 Å². The van der Waals surface area contributed by atoms with Crippen LogP contribution in [0.1, 0.15) is 24.2 Å². The summed E-state index contributed by atoms with van der Waals surface area (Å²) in [6, 6.07) is 15.3. The molecule has 0 aliphatic carbocycles. The van der Waals surface area contributed by atoms with Gasteiger partial charge in [-0.05, 0) is 30.7 Å². The van der Waals surface area contributed by atoms with E-state index in [-0.39, 0.29) is 12.1 Å². The zero-order chi connectivity index (χ0) is 15.2. The third-order valence-electron chi connectivity index (χ3n) is 3.28. The van der Waals surface area contributed by atoms with Gasteiger partial charge in [0.2, 0.25) is 0 Å². The van der Waals surface area contributed by atoms with Crippen molar-refractivity contribution >= 4 is 11.6 Å². The van der Waals surface area contributed by atoms with E-state index in [1.165, 1.54) is 0 Å². The molecule has 4 heteroatoms. The molecule has 0 aliphatic heterocycles. The minimum atomic E-state index is -0.235. The van der Waals surface area contributed by atoms with E-state index in [1.54, 1.807) is 7.11 Å². The molecule has 2 rings (SSSR count). The standard InChI is InChI=1S/C17H20ClNO2/c1-12(19)17(15-5-3-4-6-16(15)18)21-11-13-7-9-14(20-2)10-8-13/h3-10,12,17H,11,19H2,1-2H3. The van der Waals surface area contributed by atoms with Gasteiger partial charge in [0.25, 0.3) is 0 Å². The first-order valence-corrected chi connectivity index (χ1v) is 7.24. The van der Waals surface area contributed by atoms with Gasteiger partial charge in [-0.25, -0.2) is 0 Å². The fourth-order valence-electron chi connectivity index (χ4n) is 2.14. The number of methoxy groups -OCH3 is 1. The van der Waals surface area contributed by atoms with Gasteiger partial charge in [0.1, 0.15) is 5.75 Å². The number of hydrogen-bond donors (Lipinski definition) is 1. The van der Waals surface area contributed by atoms with E-state index >= 15 is 0 Å². The van der Waals surface area contributed by atoms with Crippen LogP contribution in [0.15, 0.2) is 48.5 Å². The van der Waals surface area contributed by atoms with Gasteiger partial charge in [-0.3, -0.25) is 0 Å². The molecule has 2 aromatic rings. The van der Waals surface area contributed by atoms with E-state index in [9.17, 15) is 0 Å². The van der Waals surface area contributed by atoms with Gasteiger partial charge < -0.3 is 15.2 Å². The minimum Gasteiger partial charge on any atom is -0.497 e. The Hall–Kier alpha value is -1.55. The smallest absolute Gasteiger partial charge is 0.118 e. The van der Waals surface area contributed by atoms with Crippen molar-refractivity contribution in [3.63, 3.8) is 0 Å². The maximum absolute atomic E-state index is 6.23. The maximum atomic E-state index is 6.23. The zero-order valence-electron chi connectivity index (χ0n) is 12.3. The van der Waals surface area contributed by atoms with E-state index in [1.807, 2.05) is 55.5 Å². The summed E-state index contributed by atoms with van der Waals surface area (Å²) in [5.74, 6) is 0.827. The second-order valence-corrected chi connectivity index (χ2v) is 5.37. The van der Waals surface area contributed by atoms with Crippen LogP contribution in [-0.4, -0.2) is 13.2 Å². The highest BCUT2D eigenvalue weighted by Gasteiger charge is 2.19. The van der Waals surface area contributed by atoms with Crippen molar-refractivity contribution in [1.29, 1.82) is 0 Å². The second kappa shape index (κ2) is 7.46. The van der Waals surface area contributed by atoms with Gasteiger partial charge >= 0.3 is 0 Å². The van der Waals surface area contributed by atoms with E-state index in [2.05, 4.69) is 0 Å². The van der Waals surface area contributed by atoms with Gasteiger partial charge in [0.05, 0.1) is 19.8 Å². The molecule has 0 saturated heterocycles. The van der Waals surface area contributed by atoms with Crippen molar-refractivity contribution in [2.24, 2.45) is 5.73 Å². The molecular formula is C17H20ClNO2. The first kappa shape index (κ1) is 15.8. The Labute approximate surface area is 130 Å². The largest absolute Gasteiger partial charge is 0.497 e. The van der Waals surface area contributed by atoms with Crippen molar-refractivity contribution in [3.8, 4) is 5.75 Å². The Balaban J connectivity index is 2.08. The summed E-state index contributed by atoms with van der Waals surface area (Å²) in [5, 5.41) is 0.675. The van der Waals surface area contributed by atoms with Gasteiger partial charge in [-0.15, -0.1) is 0 Å². The highest BCUT2D eigenvalue weighted by Crippen LogP contribution is 2.28. The number of rotatable bonds is 6. The summed E-state index contributed by atoms with van der Waals surface area (Å²) in [6.07, 6.45) is -0.235. The molecule has 0 aliphatic rings. The Morgan fingerprint density at radius 3 is 2.33 bits per heavy atom. The molecule has 0 aromatic heterocycles. The average Bonchev–Trinajstić information content (AvgIpc) is 2.49. The minimum absolute atomic E-state index is 0.150. The molecule has 0 radical (unpaired) electrons. The molecular weight excluding hydrogens is 286 g/mol. The van der Waals surface area contributed by atoms with Gasteiger partial charge in [-0.2, -0.15) is 0 Å². The van der Waals surface area contributed by atoms with E-state index in [0.717, 1.165) is 16.9 Å². The van der Waals surface area contributed by atoms with Gasteiger partial charge in [-0.1, -0.05) is 41.9 Å². The third kappa shape index (κ3) is 4.21. The highest BCUT2D eigenvalue weighted by molar-refractivity contribution is 6.31. The van der Waals surface area contributed by atoms with E-state index in [0.29, 0.717) is 11.6 Å². The summed E-state index contributed by atoms with van der Waals surface area (Å²) in [5.41, 5.74) is 8.03. The Morgan fingerprint density at radius 1 is 1.10 bits per heavy atom. The average molecular weight is 306 g/mol. The molecule has 21 heavy (non-hydrogen) atoms. The normalized spacial score (nSPS) is 13.7. The summed E-state index contributed by atoms with van der Waals surface area (Å²) < 4.78 is 11.1. The van der Waals surface area contributed by atoms with Gasteiger partial charge in [0.15, 0.2) is 0 Å². The molecule has 2 unspecified atom stereocenters. The van der Waals surface area contributed by atoms with Crippen molar-refractivity contribution in [2.75, 3.05) is 7.11 Å².